The SMILES string of the molecule is Cc1ccccc1-n1nnnc1S[C@H](C)C(=O)c1cc(C)n(Cc2ccco2)c1C. The molecule has 3 heterocycles. The molecule has 3 aromatic heterocycles. The standard InChI is InChI=1S/C22H23N5O2S/c1-14-8-5-6-10-20(14)27-22(23-24-25-27)30-17(4)21(28)19-12-15(2)26(16(19)3)13-18-9-7-11-29-18/h5-12,17H,13H2,1-4H3/t17-/m1/s1. The topological polar surface area (TPSA) is 78.7 Å². The largest absolute Gasteiger partial charge is 0.467 e. The first-order valence-corrected chi connectivity index (χ1v) is 10.6. The minimum absolute atomic E-state index is 0.0538. The molecule has 4 rings (SSSR count). The number of hydrogen-bond donors (Lipinski definition) is 0. The summed E-state index contributed by atoms with van der Waals surface area (Å²) >= 11 is 1.36. The molecule has 0 N–H and O–H groups in total. The van der Waals surface area contributed by atoms with Crippen LogP contribution in [0.2, 0.25) is 0 Å². The van der Waals surface area contributed by atoms with E-state index in [-0.39, 0.29) is 11.0 Å². The lowest BCUT2D eigenvalue weighted by Crippen LogP contribution is -2.16. The van der Waals surface area contributed by atoms with Gasteiger partial charge in [-0.3, -0.25) is 4.79 Å². The predicted molar refractivity (Wildman–Crippen MR) is 115 cm³/mol. The summed E-state index contributed by atoms with van der Waals surface area (Å²) in [4.78, 5) is 13.2. The molecule has 0 amide bonds. The quantitative estimate of drug-likeness (QED) is 0.325. The van der Waals surface area contributed by atoms with Gasteiger partial charge in [-0.2, -0.15) is 4.68 Å². The van der Waals surface area contributed by atoms with E-state index in [0.717, 1.165) is 28.4 Å². The normalized spacial score (nSPS) is 12.3. The Morgan fingerprint density at radius 2 is 1.97 bits per heavy atom. The molecule has 0 saturated heterocycles. The van der Waals surface area contributed by atoms with Gasteiger partial charge in [0.05, 0.1) is 23.7 Å². The molecule has 0 aliphatic rings. The molecule has 0 radical (unpaired) electrons. The number of furan rings is 1. The number of para-hydroxylation sites is 1. The number of carbonyl (C=O) groups excluding carboxylic acids is 1. The fourth-order valence-corrected chi connectivity index (χ4v) is 4.36. The number of thioether (sulfide) groups is 1. The number of tetrazole rings is 1. The Bertz CT molecular complexity index is 1180. The molecule has 4 aromatic rings. The van der Waals surface area contributed by atoms with Gasteiger partial charge in [0.15, 0.2) is 5.78 Å². The van der Waals surface area contributed by atoms with Crippen LogP contribution in [0.1, 0.15) is 40.0 Å². The van der Waals surface area contributed by atoms with Crippen molar-refractivity contribution in [3.63, 3.8) is 0 Å². The Morgan fingerprint density at radius 3 is 2.70 bits per heavy atom. The zero-order chi connectivity index (χ0) is 21.3. The van der Waals surface area contributed by atoms with Crippen molar-refractivity contribution in [1.29, 1.82) is 0 Å². The van der Waals surface area contributed by atoms with Gasteiger partial charge in [0.2, 0.25) is 5.16 Å². The van der Waals surface area contributed by atoms with Crippen LogP contribution in [0.3, 0.4) is 0 Å². The molecule has 0 aliphatic heterocycles. The van der Waals surface area contributed by atoms with Gasteiger partial charge in [-0.15, -0.1) is 5.10 Å². The highest BCUT2D eigenvalue weighted by Crippen LogP contribution is 2.28. The molecule has 0 saturated carbocycles. The molecule has 0 aliphatic carbocycles. The molecule has 30 heavy (non-hydrogen) atoms. The summed E-state index contributed by atoms with van der Waals surface area (Å²) in [5.74, 6) is 0.911. The first-order chi connectivity index (χ1) is 14.5. The fraction of sp³-hybridized carbons (Fsp3) is 0.273. The van der Waals surface area contributed by atoms with Crippen LogP contribution < -0.4 is 0 Å². The molecule has 0 spiro atoms. The highest BCUT2D eigenvalue weighted by molar-refractivity contribution is 8.00. The van der Waals surface area contributed by atoms with Gasteiger partial charge in [-0.1, -0.05) is 30.0 Å². The fourth-order valence-electron chi connectivity index (χ4n) is 3.49. The Hall–Kier alpha value is -3.13. The first kappa shape index (κ1) is 20.2. The van der Waals surface area contributed by atoms with E-state index in [9.17, 15) is 4.79 Å². The third kappa shape index (κ3) is 3.82. The number of ketones is 1. The number of rotatable bonds is 7. The summed E-state index contributed by atoms with van der Waals surface area (Å²) in [6.07, 6.45) is 1.66. The lowest BCUT2D eigenvalue weighted by Gasteiger charge is -2.12. The van der Waals surface area contributed by atoms with Crippen LogP contribution in [0.5, 0.6) is 0 Å². The van der Waals surface area contributed by atoms with Crippen LogP contribution in [-0.4, -0.2) is 35.8 Å². The Kier molecular flexibility index (Phi) is 5.59. The minimum Gasteiger partial charge on any atom is -0.467 e. The van der Waals surface area contributed by atoms with Gasteiger partial charge >= 0.3 is 0 Å². The summed E-state index contributed by atoms with van der Waals surface area (Å²) in [6, 6.07) is 13.6. The summed E-state index contributed by atoms with van der Waals surface area (Å²) in [5.41, 5.74) is 4.64. The average Bonchev–Trinajstić information content (AvgIpc) is 3.46. The van der Waals surface area contributed by atoms with Crippen molar-refractivity contribution in [3.8, 4) is 5.69 Å². The van der Waals surface area contributed by atoms with Crippen LogP contribution >= 0.6 is 11.8 Å². The van der Waals surface area contributed by atoms with Crippen LogP contribution in [-0.2, 0) is 6.54 Å². The third-order valence-corrected chi connectivity index (χ3v) is 6.20. The van der Waals surface area contributed by atoms with Crippen molar-refractivity contribution in [3.05, 3.63) is 77.0 Å². The summed E-state index contributed by atoms with van der Waals surface area (Å²) in [7, 11) is 0. The molecular weight excluding hydrogens is 398 g/mol. The maximum Gasteiger partial charge on any atom is 0.214 e. The van der Waals surface area contributed by atoms with E-state index >= 15 is 0 Å². The first-order valence-electron chi connectivity index (χ1n) is 9.70. The van der Waals surface area contributed by atoms with Gasteiger partial charge in [0.25, 0.3) is 0 Å². The van der Waals surface area contributed by atoms with E-state index in [2.05, 4.69) is 20.1 Å². The van der Waals surface area contributed by atoms with Crippen LogP contribution in [0, 0.1) is 20.8 Å². The van der Waals surface area contributed by atoms with Crippen LogP contribution in [0.25, 0.3) is 5.69 Å². The molecular formula is C22H23N5O2S. The second kappa shape index (κ2) is 8.31. The molecule has 154 valence electrons. The zero-order valence-corrected chi connectivity index (χ0v) is 18.2. The Morgan fingerprint density at radius 1 is 1.17 bits per heavy atom. The third-order valence-electron chi connectivity index (χ3n) is 5.17. The van der Waals surface area contributed by atoms with Crippen molar-refractivity contribution < 1.29 is 9.21 Å². The van der Waals surface area contributed by atoms with Gasteiger partial charge < -0.3 is 8.98 Å². The van der Waals surface area contributed by atoms with Gasteiger partial charge in [-0.25, -0.2) is 0 Å². The molecule has 8 heteroatoms. The lowest BCUT2D eigenvalue weighted by molar-refractivity contribution is 0.0993. The van der Waals surface area contributed by atoms with Crippen molar-refractivity contribution in [2.45, 2.75) is 44.6 Å². The molecule has 0 unspecified atom stereocenters. The van der Waals surface area contributed by atoms with E-state index in [0.29, 0.717) is 17.3 Å². The molecule has 0 fully saturated rings. The maximum atomic E-state index is 13.2. The highest BCUT2D eigenvalue weighted by Gasteiger charge is 2.24. The van der Waals surface area contributed by atoms with Crippen molar-refractivity contribution >= 4 is 17.5 Å². The van der Waals surface area contributed by atoms with Crippen molar-refractivity contribution in [1.82, 2.24) is 24.8 Å². The van der Waals surface area contributed by atoms with Gasteiger partial charge in [0, 0.05) is 17.0 Å². The van der Waals surface area contributed by atoms with Crippen molar-refractivity contribution in [2.24, 2.45) is 0 Å². The van der Waals surface area contributed by atoms with Crippen LogP contribution in [0.15, 0.2) is 58.3 Å². The lowest BCUT2D eigenvalue weighted by atomic mass is 10.1. The molecule has 0 bridgehead atoms. The smallest absolute Gasteiger partial charge is 0.214 e. The number of nitrogens with zero attached hydrogens (tertiary/aromatic N) is 5. The summed E-state index contributed by atoms with van der Waals surface area (Å²) in [5, 5.41) is 12.3. The minimum atomic E-state index is -0.337. The number of aromatic nitrogens is 5. The van der Waals surface area contributed by atoms with E-state index < -0.39 is 0 Å². The number of benzene rings is 1. The van der Waals surface area contributed by atoms with E-state index in [1.165, 1.54) is 11.8 Å². The number of hydrogen-bond acceptors (Lipinski definition) is 6. The zero-order valence-electron chi connectivity index (χ0n) is 17.4. The number of carbonyl (C=O) groups is 1. The number of Topliss-reactive ketones (excluding diaryl/α,β-unsaturated/α-hetero) is 1. The monoisotopic (exact) mass is 421 g/mol. The van der Waals surface area contributed by atoms with E-state index in [4.69, 9.17) is 4.42 Å². The predicted octanol–water partition coefficient (Wildman–Crippen LogP) is 4.39. The molecule has 7 nitrogen and oxygen atoms in total. The average molecular weight is 422 g/mol. The maximum absolute atomic E-state index is 13.2. The van der Waals surface area contributed by atoms with E-state index in [1.54, 1.807) is 10.9 Å². The summed E-state index contributed by atoms with van der Waals surface area (Å²) in [6.45, 7) is 8.47. The van der Waals surface area contributed by atoms with Gasteiger partial charge in [-0.05, 0) is 68.0 Å². The highest BCUT2D eigenvalue weighted by atomic mass is 32.2. The summed E-state index contributed by atoms with van der Waals surface area (Å²) < 4.78 is 9.25. The van der Waals surface area contributed by atoms with Gasteiger partial charge in [0.1, 0.15) is 5.76 Å². The number of aryl methyl sites for hydroxylation is 2. The Labute approximate surface area is 179 Å². The molecule has 1 atom stereocenters. The molecule has 1 aromatic carbocycles. The van der Waals surface area contributed by atoms with Crippen LogP contribution in [0.4, 0.5) is 0 Å². The van der Waals surface area contributed by atoms with E-state index in [1.807, 2.05) is 70.2 Å². The Balaban J connectivity index is 1.56. The van der Waals surface area contributed by atoms with Crippen molar-refractivity contribution in [2.75, 3.05) is 0 Å². The second-order valence-corrected chi connectivity index (χ2v) is 8.54. The second-order valence-electron chi connectivity index (χ2n) is 7.23.